The minimum Gasteiger partial charge on any atom is -0.495 e. The van der Waals surface area contributed by atoms with E-state index in [0.717, 1.165) is 29.8 Å². The van der Waals surface area contributed by atoms with Crippen LogP contribution in [0.25, 0.3) is 0 Å². The third kappa shape index (κ3) is 4.69. The van der Waals surface area contributed by atoms with Crippen molar-refractivity contribution in [3.8, 4) is 5.75 Å². The summed E-state index contributed by atoms with van der Waals surface area (Å²) in [7, 11) is 1.25. The van der Waals surface area contributed by atoms with Crippen molar-refractivity contribution in [1.82, 2.24) is 14.9 Å². The Morgan fingerprint density at radius 1 is 1.10 bits per heavy atom. The number of nitrogens with zero attached hydrogens (tertiary/aromatic N) is 3. The van der Waals surface area contributed by atoms with Crippen molar-refractivity contribution in [2.75, 3.05) is 38.1 Å². The highest BCUT2D eigenvalue weighted by Gasteiger charge is 2.20. The van der Waals surface area contributed by atoms with Crippen molar-refractivity contribution >= 4 is 47.2 Å². The molecule has 3 aromatic rings. The Hall–Kier alpha value is -2.60. The zero-order valence-corrected chi connectivity index (χ0v) is 19.6. The van der Waals surface area contributed by atoms with E-state index in [-0.39, 0.29) is 0 Å². The summed E-state index contributed by atoms with van der Waals surface area (Å²) in [6.45, 7) is 5.25. The third-order valence-corrected chi connectivity index (χ3v) is 6.96. The molecule has 0 spiro atoms. The maximum atomic E-state index is 12.7. The Balaban J connectivity index is 1.65. The quantitative estimate of drug-likeness (QED) is 0.514. The Kier molecular flexibility index (Phi) is 5.93. The van der Waals surface area contributed by atoms with Gasteiger partial charge in [-0.25, -0.2) is 4.98 Å². The van der Waals surface area contributed by atoms with Gasteiger partial charge in [0, 0.05) is 18.4 Å². The molecule has 1 aliphatic heterocycles. The molecular formula is C22H25ClN5O2P. The lowest BCUT2D eigenvalue weighted by atomic mass is 10.1. The van der Waals surface area contributed by atoms with E-state index in [2.05, 4.69) is 38.6 Å². The molecule has 0 unspecified atom stereocenters. The molecule has 0 saturated carbocycles. The van der Waals surface area contributed by atoms with Gasteiger partial charge in [-0.05, 0) is 55.8 Å². The summed E-state index contributed by atoms with van der Waals surface area (Å²) in [5.41, 5.74) is 4.00. The van der Waals surface area contributed by atoms with E-state index in [0.29, 0.717) is 22.5 Å². The van der Waals surface area contributed by atoms with E-state index >= 15 is 0 Å². The molecular weight excluding hydrogens is 433 g/mol. The average molecular weight is 458 g/mol. The van der Waals surface area contributed by atoms with E-state index in [1.54, 1.807) is 20.4 Å². The molecule has 0 bridgehead atoms. The number of rotatable bonds is 6. The second kappa shape index (κ2) is 8.50. The number of methoxy groups -OCH3 is 1. The fourth-order valence-corrected chi connectivity index (χ4v) is 4.97. The van der Waals surface area contributed by atoms with Gasteiger partial charge in [0.1, 0.15) is 17.9 Å². The van der Waals surface area contributed by atoms with Crippen LogP contribution in [0, 0.1) is 0 Å². The number of benzene rings is 2. The van der Waals surface area contributed by atoms with Crippen molar-refractivity contribution in [3.63, 3.8) is 0 Å². The predicted molar refractivity (Wildman–Crippen MR) is 127 cm³/mol. The number of nitrogens with one attached hydrogen (secondary N) is 2. The highest BCUT2D eigenvalue weighted by atomic mass is 35.5. The van der Waals surface area contributed by atoms with Crippen LogP contribution in [0.2, 0.25) is 5.02 Å². The second-order valence-corrected chi connectivity index (χ2v) is 11.6. The standard InChI is InChI=1S/C22H25ClN5O2P/c1-28-12-14-9-18(19(30-2)10-15(14)13-28)26-22-24-11-16(23)21(27-22)25-17-7-5-6-8-20(17)31(3,4)29/h5-11H,12-13H2,1-4H3,(H2,24,25,26,27). The summed E-state index contributed by atoms with van der Waals surface area (Å²) in [4.78, 5) is 11.1. The first-order valence-electron chi connectivity index (χ1n) is 9.84. The van der Waals surface area contributed by atoms with Crippen molar-refractivity contribution in [3.05, 3.63) is 58.7 Å². The van der Waals surface area contributed by atoms with Crippen LogP contribution in [0.15, 0.2) is 42.6 Å². The van der Waals surface area contributed by atoms with Crippen molar-refractivity contribution in [2.24, 2.45) is 0 Å². The van der Waals surface area contributed by atoms with Crippen LogP contribution in [-0.4, -0.2) is 42.4 Å². The summed E-state index contributed by atoms with van der Waals surface area (Å²) in [5.74, 6) is 1.54. The molecule has 0 radical (unpaired) electrons. The molecule has 0 amide bonds. The highest BCUT2D eigenvalue weighted by molar-refractivity contribution is 7.70. The normalized spacial score (nSPS) is 13.7. The number of aromatic nitrogens is 2. The van der Waals surface area contributed by atoms with Gasteiger partial charge in [-0.1, -0.05) is 23.7 Å². The Morgan fingerprint density at radius 2 is 1.81 bits per heavy atom. The molecule has 162 valence electrons. The Labute approximate surface area is 187 Å². The van der Waals surface area contributed by atoms with Gasteiger partial charge in [0.05, 0.1) is 24.7 Å². The lowest BCUT2D eigenvalue weighted by Gasteiger charge is -2.16. The van der Waals surface area contributed by atoms with E-state index in [9.17, 15) is 4.57 Å². The SMILES string of the molecule is COc1cc2c(cc1Nc1ncc(Cl)c(Nc3ccccc3P(C)(C)=O)n1)CN(C)C2. The van der Waals surface area contributed by atoms with E-state index in [1.165, 1.54) is 17.3 Å². The number of anilines is 4. The van der Waals surface area contributed by atoms with Crippen LogP contribution in [-0.2, 0) is 17.7 Å². The van der Waals surface area contributed by atoms with Gasteiger partial charge in [-0.15, -0.1) is 0 Å². The van der Waals surface area contributed by atoms with E-state index < -0.39 is 7.14 Å². The van der Waals surface area contributed by atoms with Crippen LogP contribution in [0.3, 0.4) is 0 Å². The van der Waals surface area contributed by atoms with Crippen LogP contribution in [0.1, 0.15) is 11.1 Å². The Morgan fingerprint density at radius 3 is 2.52 bits per heavy atom. The molecule has 2 heterocycles. The first-order chi connectivity index (χ1) is 14.7. The molecule has 31 heavy (non-hydrogen) atoms. The van der Waals surface area contributed by atoms with E-state index in [4.69, 9.17) is 16.3 Å². The lowest BCUT2D eigenvalue weighted by molar-refractivity contribution is 0.353. The summed E-state index contributed by atoms with van der Waals surface area (Å²) >= 11 is 6.35. The zero-order chi connectivity index (χ0) is 22.2. The fourth-order valence-electron chi connectivity index (χ4n) is 3.68. The summed E-state index contributed by atoms with van der Waals surface area (Å²) < 4.78 is 18.2. The van der Waals surface area contributed by atoms with Crippen molar-refractivity contribution in [2.45, 2.75) is 13.1 Å². The van der Waals surface area contributed by atoms with Gasteiger partial charge in [0.15, 0.2) is 5.82 Å². The summed E-state index contributed by atoms with van der Waals surface area (Å²) in [6.07, 6.45) is 1.53. The minimum absolute atomic E-state index is 0.366. The minimum atomic E-state index is -2.48. The molecule has 0 saturated heterocycles. The van der Waals surface area contributed by atoms with Crippen LogP contribution in [0.5, 0.6) is 5.75 Å². The monoisotopic (exact) mass is 457 g/mol. The molecule has 0 atom stereocenters. The number of ether oxygens (including phenoxy) is 1. The highest BCUT2D eigenvalue weighted by Crippen LogP contribution is 2.39. The largest absolute Gasteiger partial charge is 0.495 e. The molecule has 2 N–H and O–H groups in total. The number of fused-ring (bicyclic) bond motifs is 1. The Bertz CT molecular complexity index is 1180. The average Bonchev–Trinajstić information content (AvgIpc) is 3.08. The first-order valence-corrected chi connectivity index (χ1v) is 12.8. The zero-order valence-electron chi connectivity index (χ0n) is 17.9. The smallest absolute Gasteiger partial charge is 0.229 e. The predicted octanol–water partition coefficient (Wildman–Crippen LogP) is 4.82. The molecule has 4 rings (SSSR count). The number of hydrogen-bond acceptors (Lipinski definition) is 7. The molecule has 9 heteroatoms. The van der Waals surface area contributed by atoms with Crippen LogP contribution < -0.4 is 20.7 Å². The molecule has 2 aromatic carbocycles. The molecule has 7 nitrogen and oxygen atoms in total. The van der Waals surface area contributed by atoms with Crippen molar-refractivity contribution in [1.29, 1.82) is 0 Å². The molecule has 0 aliphatic carbocycles. The van der Waals surface area contributed by atoms with Gasteiger partial charge in [-0.2, -0.15) is 4.98 Å². The molecule has 1 aliphatic rings. The maximum Gasteiger partial charge on any atom is 0.229 e. The van der Waals surface area contributed by atoms with Gasteiger partial charge in [0.2, 0.25) is 5.95 Å². The number of para-hydroxylation sites is 1. The summed E-state index contributed by atoms with van der Waals surface area (Å²) in [6, 6.07) is 11.6. The topological polar surface area (TPSA) is 79.4 Å². The van der Waals surface area contributed by atoms with Gasteiger partial charge >= 0.3 is 0 Å². The van der Waals surface area contributed by atoms with Crippen LogP contribution >= 0.6 is 18.7 Å². The van der Waals surface area contributed by atoms with Gasteiger partial charge in [0.25, 0.3) is 0 Å². The molecule has 0 fully saturated rings. The van der Waals surface area contributed by atoms with Crippen LogP contribution in [0.4, 0.5) is 23.1 Å². The first kappa shape index (κ1) is 21.6. The summed E-state index contributed by atoms with van der Waals surface area (Å²) in [5, 5.41) is 7.57. The fraction of sp³-hybridized carbons (Fsp3) is 0.273. The van der Waals surface area contributed by atoms with Crippen molar-refractivity contribution < 1.29 is 9.30 Å². The second-order valence-electron chi connectivity index (χ2n) is 8.00. The lowest BCUT2D eigenvalue weighted by Crippen LogP contribution is -2.11. The van der Waals surface area contributed by atoms with E-state index in [1.807, 2.05) is 30.3 Å². The number of halogens is 1. The molecule has 1 aromatic heterocycles. The number of hydrogen-bond donors (Lipinski definition) is 2. The third-order valence-electron chi connectivity index (χ3n) is 5.13. The maximum absolute atomic E-state index is 12.7. The van der Waals surface area contributed by atoms with Gasteiger partial charge in [-0.3, -0.25) is 4.90 Å². The van der Waals surface area contributed by atoms with Gasteiger partial charge < -0.3 is 19.9 Å².